The van der Waals surface area contributed by atoms with Crippen molar-refractivity contribution in [3.8, 4) is 0 Å². The Hall–Kier alpha value is -3.87. The maximum Gasteiger partial charge on any atom is 0.252 e. The molecule has 2 amide bonds. The molecule has 4 N–H and O–H groups in total. The van der Waals surface area contributed by atoms with Crippen molar-refractivity contribution in [1.82, 2.24) is 9.88 Å². The van der Waals surface area contributed by atoms with E-state index in [2.05, 4.69) is 52.0 Å². The molecule has 1 aliphatic heterocycles. The van der Waals surface area contributed by atoms with Crippen molar-refractivity contribution in [2.45, 2.75) is 50.5 Å². The summed E-state index contributed by atoms with van der Waals surface area (Å²) in [6.07, 6.45) is 6.08. The lowest BCUT2D eigenvalue weighted by atomic mass is 9.89. The topological polar surface area (TPSA) is 100 Å². The van der Waals surface area contributed by atoms with Gasteiger partial charge < -0.3 is 21.3 Å². The number of anilines is 3. The first-order chi connectivity index (χ1) is 17.5. The first kappa shape index (κ1) is 23.9. The van der Waals surface area contributed by atoms with Gasteiger partial charge in [0.15, 0.2) is 0 Å². The van der Waals surface area contributed by atoms with E-state index in [0.29, 0.717) is 29.4 Å². The van der Waals surface area contributed by atoms with Gasteiger partial charge in [-0.05, 0) is 54.9 Å². The summed E-state index contributed by atoms with van der Waals surface area (Å²) in [4.78, 5) is 30.5. The van der Waals surface area contributed by atoms with E-state index in [9.17, 15) is 9.59 Å². The molecular formula is C29H33N5O2. The second-order valence-corrected chi connectivity index (χ2v) is 9.81. The lowest BCUT2D eigenvalue weighted by Crippen LogP contribution is -2.37. The highest BCUT2D eigenvalue weighted by molar-refractivity contribution is 5.99. The Morgan fingerprint density at radius 1 is 1.06 bits per heavy atom. The number of amides is 2. The highest BCUT2D eigenvalue weighted by Gasteiger charge is 2.44. The monoisotopic (exact) mass is 483 g/mol. The van der Waals surface area contributed by atoms with Gasteiger partial charge in [-0.2, -0.15) is 0 Å². The van der Waals surface area contributed by atoms with E-state index < -0.39 is 5.91 Å². The third kappa shape index (κ3) is 5.05. The molecule has 1 aliphatic carbocycles. The highest BCUT2D eigenvalue weighted by atomic mass is 16.2. The maximum atomic E-state index is 12.1. The van der Waals surface area contributed by atoms with Crippen LogP contribution in [-0.4, -0.2) is 34.8 Å². The number of benzene rings is 2. The van der Waals surface area contributed by atoms with Crippen LogP contribution in [-0.2, 0) is 10.3 Å². The van der Waals surface area contributed by atoms with Crippen LogP contribution in [0.2, 0.25) is 0 Å². The van der Waals surface area contributed by atoms with Crippen molar-refractivity contribution >= 4 is 29.0 Å². The molecule has 5 rings (SSSR count). The standard InChI is InChI=1S/C29H33N5O2/c1-2-27(35)34-16-12-21(13-17-34)20-8-10-23(11-9-20)32-26-18-25(24(19-31-26)28(30)36)33-29(14-15-29)22-6-4-3-5-7-22/h3-11,18-19,21H,2,12-17H2,1H3,(H2,30,36)(H2,31,32,33). The minimum Gasteiger partial charge on any atom is -0.375 e. The number of nitrogens with zero attached hydrogens (tertiary/aromatic N) is 2. The number of primary amides is 1. The van der Waals surface area contributed by atoms with Crippen molar-refractivity contribution in [3.05, 3.63) is 83.6 Å². The first-order valence-corrected chi connectivity index (χ1v) is 12.8. The first-order valence-electron chi connectivity index (χ1n) is 12.8. The SMILES string of the molecule is CCC(=O)N1CCC(c2ccc(Nc3cc(NC4(c5ccccc5)CC4)c(C(N)=O)cn3)cc2)CC1. The molecule has 2 heterocycles. The number of nitrogens with one attached hydrogen (secondary N) is 2. The van der Waals surface area contributed by atoms with Crippen molar-refractivity contribution < 1.29 is 9.59 Å². The second-order valence-electron chi connectivity index (χ2n) is 9.81. The van der Waals surface area contributed by atoms with E-state index >= 15 is 0 Å². The van der Waals surface area contributed by atoms with Crippen LogP contribution in [0.5, 0.6) is 0 Å². The molecule has 1 aromatic heterocycles. The third-order valence-corrected chi connectivity index (χ3v) is 7.42. The van der Waals surface area contributed by atoms with Crippen molar-refractivity contribution in [3.63, 3.8) is 0 Å². The minimum atomic E-state index is -0.503. The average Bonchev–Trinajstić information content (AvgIpc) is 3.70. The molecule has 2 fully saturated rings. The number of aromatic nitrogens is 1. The predicted molar refractivity (Wildman–Crippen MR) is 142 cm³/mol. The van der Waals surface area contributed by atoms with Crippen LogP contribution in [0.4, 0.5) is 17.2 Å². The number of carbonyl (C=O) groups excluding carboxylic acids is 2. The van der Waals surface area contributed by atoms with Crippen LogP contribution in [0, 0.1) is 0 Å². The third-order valence-electron chi connectivity index (χ3n) is 7.42. The summed E-state index contributed by atoms with van der Waals surface area (Å²) >= 11 is 0. The van der Waals surface area contributed by atoms with E-state index in [1.165, 1.54) is 17.3 Å². The molecule has 2 aliphatic rings. The fraction of sp³-hybridized carbons (Fsp3) is 0.345. The van der Waals surface area contributed by atoms with Crippen molar-refractivity contribution in [1.29, 1.82) is 0 Å². The summed E-state index contributed by atoms with van der Waals surface area (Å²) in [5.74, 6) is 0.853. The number of likely N-dealkylation sites (tertiary alicyclic amines) is 1. The Kier molecular flexibility index (Phi) is 6.63. The molecule has 7 heteroatoms. The zero-order valence-corrected chi connectivity index (χ0v) is 20.7. The lowest BCUT2D eigenvalue weighted by molar-refractivity contribution is -0.131. The molecule has 0 spiro atoms. The summed E-state index contributed by atoms with van der Waals surface area (Å²) in [6, 6.07) is 20.6. The Bertz CT molecular complexity index is 1230. The summed E-state index contributed by atoms with van der Waals surface area (Å²) < 4.78 is 0. The molecule has 0 atom stereocenters. The Morgan fingerprint density at radius 2 is 1.75 bits per heavy atom. The molecule has 1 saturated heterocycles. The quantitative estimate of drug-likeness (QED) is 0.412. The number of hydrogen-bond donors (Lipinski definition) is 3. The number of pyridine rings is 1. The van der Waals surface area contributed by atoms with E-state index in [1.807, 2.05) is 36.1 Å². The normalized spacial score (nSPS) is 16.9. The van der Waals surface area contributed by atoms with Crippen LogP contribution in [0.1, 0.15) is 66.4 Å². The van der Waals surface area contributed by atoms with E-state index in [0.717, 1.165) is 44.5 Å². The van der Waals surface area contributed by atoms with E-state index in [1.54, 1.807) is 0 Å². The summed E-state index contributed by atoms with van der Waals surface area (Å²) in [5.41, 5.74) is 9.96. The number of carbonyl (C=O) groups is 2. The van der Waals surface area contributed by atoms with Gasteiger partial charge in [-0.15, -0.1) is 0 Å². The van der Waals surface area contributed by atoms with Gasteiger partial charge in [-0.25, -0.2) is 4.98 Å². The van der Waals surface area contributed by atoms with Gasteiger partial charge in [-0.3, -0.25) is 9.59 Å². The van der Waals surface area contributed by atoms with Gasteiger partial charge in [0.25, 0.3) is 5.91 Å². The van der Waals surface area contributed by atoms with Crippen molar-refractivity contribution in [2.75, 3.05) is 23.7 Å². The molecule has 1 saturated carbocycles. The smallest absolute Gasteiger partial charge is 0.252 e. The summed E-state index contributed by atoms with van der Waals surface area (Å²) in [7, 11) is 0. The van der Waals surface area contributed by atoms with Gasteiger partial charge in [-0.1, -0.05) is 49.4 Å². The molecule has 0 radical (unpaired) electrons. The van der Waals surface area contributed by atoms with E-state index in [4.69, 9.17) is 5.73 Å². The Balaban J connectivity index is 1.28. The molecular weight excluding hydrogens is 450 g/mol. The number of hydrogen-bond acceptors (Lipinski definition) is 5. The lowest BCUT2D eigenvalue weighted by Gasteiger charge is -2.32. The average molecular weight is 484 g/mol. The maximum absolute atomic E-state index is 12.1. The molecule has 186 valence electrons. The molecule has 7 nitrogen and oxygen atoms in total. The fourth-order valence-electron chi connectivity index (χ4n) is 5.12. The van der Waals surface area contributed by atoms with Gasteiger partial charge in [0.05, 0.1) is 16.8 Å². The molecule has 0 bridgehead atoms. The van der Waals surface area contributed by atoms with Gasteiger partial charge >= 0.3 is 0 Å². The van der Waals surface area contributed by atoms with Gasteiger partial charge in [0.1, 0.15) is 5.82 Å². The van der Waals surface area contributed by atoms with E-state index in [-0.39, 0.29) is 11.4 Å². The van der Waals surface area contributed by atoms with Gasteiger partial charge in [0, 0.05) is 37.5 Å². The zero-order valence-electron chi connectivity index (χ0n) is 20.7. The largest absolute Gasteiger partial charge is 0.375 e. The zero-order chi connectivity index (χ0) is 25.1. The van der Waals surface area contributed by atoms with Gasteiger partial charge in [0.2, 0.25) is 5.91 Å². The Labute approximate surface area is 212 Å². The van der Waals surface area contributed by atoms with Crippen LogP contribution in [0.25, 0.3) is 0 Å². The van der Waals surface area contributed by atoms with Crippen molar-refractivity contribution in [2.24, 2.45) is 5.73 Å². The molecule has 2 aromatic carbocycles. The molecule has 3 aromatic rings. The minimum absolute atomic E-state index is 0.178. The van der Waals surface area contributed by atoms with Crippen LogP contribution in [0.3, 0.4) is 0 Å². The predicted octanol–water partition coefficient (Wildman–Crippen LogP) is 5.14. The number of rotatable bonds is 8. The summed E-state index contributed by atoms with van der Waals surface area (Å²) in [6.45, 7) is 3.57. The fourth-order valence-corrected chi connectivity index (χ4v) is 5.12. The highest BCUT2D eigenvalue weighted by Crippen LogP contribution is 2.48. The number of piperidine rings is 1. The van der Waals surface area contributed by atoms with Crippen LogP contribution < -0.4 is 16.4 Å². The molecule has 0 unspecified atom stereocenters. The van der Waals surface area contributed by atoms with Crippen LogP contribution >= 0.6 is 0 Å². The summed E-state index contributed by atoms with van der Waals surface area (Å²) in [5, 5.41) is 6.94. The number of nitrogens with two attached hydrogens (primary N) is 1. The second kappa shape index (κ2) is 10.0. The van der Waals surface area contributed by atoms with Crippen LogP contribution in [0.15, 0.2) is 66.9 Å². The Morgan fingerprint density at radius 3 is 2.36 bits per heavy atom. The molecule has 36 heavy (non-hydrogen) atoms.